The standard InChI is InChI=1S/C26H33N9O7/c27-16(5-6-21(28)36)23(38)33-19(9-22(29)37)25(40)34-18(7-13-10-31-17-4-2-1-3-15(13)17)24(39)35-20(26(41)42)8-14-11-30-12-32-14/h1-4,10-12,16,18-20,31H,5-9,27H2,(H2,28,36)(H2,29,37)(H,30,32)(H,33,38)(H,34,40)(H,35,39)(H,41,42). The second-order valence-electron chi connectivity index (χ2n) is 9.65. The first-order valence-electron chi connectivity index (χ1n) is 12.9. The third-order valence-corrected chi connectivity index (χ3v) is 6.40. The Bertz CT molecular complexity index is 1440. The van der Waals surface area contributed by atoms with Crippen molar-refractivity contribution in [1.82, 2.24) is 30.9 Å². The quantitative estimate of drug-likeness (QED) is 0.0874. The summed E-state index contributed by atoms with van der Waals surface area (Å²) in [5.74, 6) is -5.54. The van der Waals surface area contributed by atoms with Crippen LogP contribution in [0.15, 0.2) is 43.0 Å². The number of aliphatic carboxylic acids is 1. The molecule has 0 radical (unpaired) electrons. The molecule has 16 nitrogen and oxygen atoms in total. The van der Waals surface area contributed by atoms with Gasteiger partial charge in [-0.1, -0.05) is 18.2 Å². The van der Waals surface area contributed by atoms with Crippen molar-refractivity contribution in [2.45, 2.75) is 56.3 Å². The van der Waals surface area contributed by atoms with Crippen LogP contribution in [0.3, 0.4) is 0 Å². The lowest BCUT2D eigenvalue weighted by Crippen LogP contribution is -2.58. The first kappa shape index (κ1) is 31.3. The smallest absolute Gasteiger partial charge is 0.326 e. The van der Waals surface area contributed by atoms with Gasteiger partial charge in [0.15, 0.2) is 0 Å². The van der Waals surface area contributed by atoms with Crippen LogP contribution in [0.2, 0.25) is 0 Å². The summed E-state index contributed by atoms with van der Waals surface area (Å²) < 4.78 is 0. The van der Waals surface area contributed by atoms with Crippen molar-refractivity contribution in [3.8, 4) is 0 Å². The van der Waals surface area contributed by atoms with Crippen molar-refractivity contribution in [3.05, 3.63) is 54.2 Å². The Kier molecular flexibility index (Phi) is 10.7. The molecule has 4 unspecified atom stereocenters. The van der Waals surface area contributed by atoms with E-state index in [1.165, 1.54) is 12.5 Å². The average Bonchev–Trinajstić information content (AvgIpc) is 3.60. The van der Waals surface area contributed by atoms with E-state index in [9.17, 15) is 33.9 Å². The van der Waals surface area contributed by atoms with Crippen LogP contribution in [0, 0.1) is 0 Å². The molecule has 2 heterocycles. The molecule has 0 aliphatic rings. The number of fused-ring (bicyclic) bond motifs is 1. The SMILES string of the molecule is NC(=O)CCC(N)C(=O)NC(CC(N)=O)C(=O)NC(Cc1c[nH]c2ccccc12)C(=O)NC(Cc1cnc[nH]1)C(=O)O. The molecular weight excluding hydrogens is 550 g/mol. The molecule has 0 saturated heterocycles. The van der Waals surface area contributed by atoms with Crippen LogP contribution >= 0.6 is 0 Å². The molecule has 0 aliphatic heterocycles. The first-order valence-corrected chi connectivity index (χ1v) is 12.9. The molecule has 4 atom stereocenters. The van der Waals surface area contributed by atoms with E-state index in [1.807, 2.05) is 12.1 Å². The number of aromatic nitrogens is 3. The van der Waals surface area contributed by atoms with Crippen LogP contribution < -0.4 is 33.2 Å². The van der Waals surface area contributed by atoms with E-state index in [0.717, 1.165) is 10.9 Å². The van der Waals surface area contributed by atoms with Gasteiger partial charge in [0.1, 0.15) is 18.1 Å². The summed E-state index contributed by atoms with van der Waals surface area (Å²) >= 11 is 0. The van der Waals surface area contributed by atoms with E-state index >= 15 is 0 Å². The molecule has 2 aromatic heterocycles. The van der Waals surface area contributed by atoms with Crippen molar-refractivity contribution in [3.63, 3.8) is 0 Å². The van der Waals surface area contributed by atoms with Gasteiger partial charge in [0.05, 0.1) is 18.8 Å². The monoisotopic (exact) mass is 583 g/mol. The highest BCUT2D eigenvalue weighted by Crippen LogP contribution is 2.19. The Labute approximate surface area is 239 Å². The maximum atomic E-state index is 13.4. The molecule has 42 heavy (non-hydrogen) atoms. The van der Waals surface area contributed by atoms with Gasteiger partial charge < -0.3 is 48.2 Å². The van der Waals surface area contributed by atoms with Gasteiger partial charge in [0, 0.05) is 48.3 Å². The number of nitrogens with two attached hydrogens (primary N) is 3. The number of benzene rings is 1. The van der Waals surface area contributed by atoms with Gasteiger partial charge in [0.2, 0.25) is 29.5 Å². The molecular formula is C26H33N9O7. The first-order chi connectivity index (χ1) is 19.9. The highest BCUT2D eigenvalue weighted by Gasteiger charge is 2.32. The third kappa shape index (κ3) is 8.88. The Morgan fingerprint density at radius 3 is 2.17 bits per heavy atom. The van der Waals surface area contributed by atoms with Gasteiger partial charge >= 0.3 is 5.97 Å². The number of imidazole rings is 1. The number of hydrogen-bond donors (Lipinski definition) is 9. The highest BCUT2D eigenvalue weighted by molar-refractivity contribution is 5.96. The maximum absolute atomic E-state index is 13.4. The van der Waals surface area contributed by atoms with Gasteiger partial charge in [0.25, 0.3) is 0 Å². The summed E-state index contributed by atoms with van der Waals surface area (Å²) in [5.41, 5.74) is 18.0. The molecule has 12 N–H and O–H groups in total. The summed E-state index contributed by atoms with van der Waals surface area (Å²) in [6, 6.07) is 1.78. The third-order valence-electron chi connectivity index (χ3n) is 6.40. The molecule has 0 fully saturated rings. The van der Waals surface area contributed by atoms with E-state index in [4.69, 9.17) is 17.2 Å². The summed E-state index contributed by atoms with van der Waals surface area (Å²) in [4.78, 5) is 83.7. The lowest BCUT2D eigenvalue weighted by molar-refractivity contribution is -0.142. The summed E-state index contributed by atoms with van der Waals surface area (Å²) in [5, 5.41) is 17.7. The molecule has 0 saturated carbocycles. The fourth-order valence-electron chi connectivity index (χ4n) is 4.21. The minimum atomic E-state index is -1.52. The van der Waals surface area contributed by atoms with Crippen LogP contribution in [0.4, 0.5) is 0 Å². The Morgan fingerprint density at radius 1 is 0.857 bits per heavy atom. The zero-order valence-electron chi connectivity index (χ0n) is 22.5. The van der Waals surface area contributed by atoms with E-state index in [0.29, 0.717) is 11.3 Å². The fraction of sp³-hybridized carbons (Fsp3) is 0.346. The van der Waals surface area contributed by atoms with E-state index in [1.54, 1.807) is 18.3 Å². The summed E-state index contributed by atoms with van der Waals surface area (Å²) in [6.45, 7) is 0. The van der Waals surface area contributed by atoms with Gasteiger partial charge in [-0.05, 0) is 18.1 Å². The number of hydrogen-bond acceptors (Lipinski definition) is 8. The summed E-state index contributed by atoms with van der Waals surface area (Å²) in [7, 11) is 0. The number of aromatic amines is 2. The molecule has 224 valence electrons. The molecule has 5 amide bonds. The van der Waals surface area contributed by atoms with E-state index < -0.39 is 66.1 Å². The normalized spacial score (nSPS) is 13.8. The minimum Gasteiger partial charge on any atom is -0.480 e. The molecule has 1 aromatic carbocycles. The Hall–Kier alpha value is -5.25. The predicted octanol–water partition coefficient (Wildman–Crippen LogP) is -2.32. The van der Waals surface area contributed by atoms with Crippen molar-refractivity contribution >= 4 is 46.4 Å². The largest absolute Gasteiger partial charge is 0.480 e. The number of rotatable bonds is 16. The van der Waals surface area contributed by atoms with Crippen LogP contribution in [-0.2, 0) is 41.6 Å². The van der Waals surface area contributed by atoms with Crippen LogP contribution in [0.5, 0.6) is 0 Å². The van der Waals surface area contributed by atoms with Gasteiger partial charge in [-0.15, -0.1) is 0 Å². The number of amides is 5. The number of carboxylic acids is 1. The number of nitrogens with one attached hydrogen (secondary N) is 5. The maximum Gasteiger partial charge on any atom is 0.326 e. The van der Waals surface area contributed by atoms with Gasteiger partial charge in [-0.3, -0.25) is 24.0 Å². The number of nitrogens with zero attached hydrogens (tertiary/aromatic N) is 1. The Balaban J connectivity index is 1.84. The van der Waals surface area contributed by atoms with Crippen molar-refractivity contribution in [2.24, 2.45) is 17.2 Å². The van der Waals surface area contributed by atoms with Crippen LogP contribution in [0.1, 0.15) is 30.5 Å². The number of H-pyrrole nitrogens is 2. The second kappa shape index (κ2) is 14.4. The second-order valence-corrected chi connectivity index (χ2v) is 9.65. The average molecular weight is 584 g/mol. The van der Waals surface area contributed by atoms with E-state index in [-0.39, 0.29) is 25.7 Å². The minimum absolute atomic E-state index is 0.0760. The number of primary amides is 2. The van der Waals surface area contributed by atoms with Gasteiger partial charge in [-0.25, -0.2) is 9.78 Å². The molecule has 3 aromatic rings. The van der Waals surface area contributed by atoms with Crippen molar-refractivity contribution < 1.29 is 33.9 Å². The van der Waals surface area contributed by atoms with Crippen molar-refractivity contribution in [1.29, 1.82) is 0 Å². The van der Waals surface area contributed by atoms with Gasteiger partial charge in [-0.2, -0.15) is 0 Å². The molecule has 0 bridgehead atoms. The highest BCUT2D eigenvalue weighted by atomic mass is 16.4. The van der Waals surface area contributed by atoms with Crippen molar-refractivity contribution in [2.75, 3.05) is 0 Å². The molecule has 3 rings (SSSR count). The number of carbonyl (C=O) groups excluding carboxylic acids is 5. The van der Waals surface area contributed by atoms with Crippen LogP contribution in [0.25, 0.3) is 10.9 Å². The van der Waals surface area contributed by atoms with Crippen LogP contribution in [-0.4, -0.2) is 79.7 Å². The predicted molar refractivity (Wildman–Crippen MR) is 148 cm³/mol. The summed E-state index contributed by atoms with van der Waals surface area (Å²) in [6.07, 6.45) is 3.32. The fourth-order valence-corrected chi connectivity index (χ4v) is 4.21. The zero-order chi connectivity index (χ0) is 30.8. The molecule has 16 heteroatoms. The lowest BCUT2D eigenvalue weighted by Gasteiger charge is -2.25. The lowest BCUT2D eigenvalue weighted by atomic mass is 10.0. The zero-order valence-corrected chi connectivity index (χ0v) is 22.5. The molecule has 0 aliphatic carbocycles. The molecule has 0 spiro atoms. The Morgan fingerprint density at radius 2 is 1.52 bits per heavy atom. The number of para-hydroxylation sites is 1. The number of carboxylic acid groups (broad SMARTS) is 1. The topological polar surface area (TPSA) is 281 Å². The van der Waals surface area contributed by atoms with E-state index in [2.05, 4.69) is 30.9 Å². The number of carbonyl (C=O) groups is 6.